The number of hydrogen-bond acceptors (Lipinski definition) is 5. The smallest absolute Gasteiger partial charge is 0.338 e. The van der Waals surface area contributed by atoms with Crippen molar-refractivity contribution >= 4 is 17.6 Å². The lowest BCUT2D eigenvalue weighted by Gasteiger charge is -2.08. The molecule has 0 atom stereocenters. The van der Waals surface area contributed by atoms with Crippen LogP contribution in [0, 0.1) is 0 Å². The van der Waals surface area contributed by atoms with E-state index in [-0.39, 0.29) is 12.2 Å². The SMILES string of the molecule is CCOC(=O)c1ccc(NC(=O)c2c[nH]c(=O)n(-c3ccccc3)c2=O)cc1. The Morgan fingerprint density at radius 2 is 1.71 bits per heavy atom. The molecular weight excluding hydrogens is 362 g/mol. The number of ether oxygens (including phenoxy) is 1. The Morgan fingerprint density at radius 1 is 1.04 bits per heavy atom. The fourth-order valence-corrected chi connectivity index (χ4v) is 2.55. The summed E-state index contributed by atoms with van der Waals surface area (Å²) in [6.45, 7) is 1.97. The van der Waals surface area contributed by atoms with Gasteiger partial charge in [0.2, 0.25) is 0 Å². The molecule has 0 unspecified atom stereocenters. The zero-order chi connectivity index (χ0) is 20.1. The van der Waals surface area contributed by atoms with E-state index in [4.69, 9.17) is 4.74 Å². The predicted octanol–water partition coefficient (Wildman–Crippen LogP) is 1.95. The first-order chi connectivity index (χ1) is 13.5. The number of carbonyl (C=O) groups is 2. The Kier molecular flexibility index (Phi) is 5.50. The highest BCUT2D eigenvalue weighted by atomic mass is 16.5. The first-order valence-corrected chi connectivity index (χ1v) is 8.50. The summed E-state index contributed by atoms with van der Waals surface area (Å²) in [4.78, 5) is 51.3. The van der Waals surface area contributed by atoms with Crippen molar-refractivity contribution in [2.45, 2.75) is 6.92 Å². The van der Waals surface area contributed by atoms with Gasteiger partial charge in [-0.15, -0.1) is 0 Å². The van der Waals surface area contributed by atoms with E-state index in [1.807, 2.05) is 0 Å². The molecule has 0 saturated heterocycles. The van der Waals surface area contributed by atoms with Crippen LogP contribution in [-0.4, -0.2) is 28.0 Å². The topological polar surface area (TPSA) is 110 Å². The number of amides is 1. The molecule has 0 aliphatic carbocycles. The van der Waals surface area contributed by atoms with Gasteiger partial charge in [0.1, 0.15) is 5.56 Å². The number of aromatic nitrogens is 2. The predicted molar refractivity (Wildman–Crippen MR) is 103 cm³/mol. The summed E-state index contributed by atoms with van der Waals surface area (Å²) >= 11 is 0. The van der Waals surface area contributed by atoms with Gasteiger partial charge >= 0.3 is 11.7 Å². The number of benzene rings is 2. The lowest BCUT2D eigenvalue weighted by Crippen LogP contribution is -2.38. The van der Waals surface area contributed by atoms with Gasteiger partial charge < -0.3 is 15.0 Å². The first-order valence-electron chi connectivity index (χ1n) is 8.50. The van der Waals surface area contributed by atoms with E-state index in [2.05, 4.69) is 10.3 Å². The molecule has 3 aromatic rings. The summed E-state index contributed by atoms with van der Waals surface area (Å²) in [6.07, 6.45) is 1.08. The molecule has 142 valence electrons. The quantitative estimate of drug-likeness (QED) is 0.659. The molecule has 0 spiro atoms. The second kappa shape index (κ2) is 8.17. The maximum Gasteiger partial charge on any atom is 0.338 e. The van der Waals surface area contributed by atoms with Crippen LogP contribution in [0.3, 0.4) is 0 Å². The molecule has 0 radical (unpaired) electrons. The highest BCUT2D eigenvalue weighted by molar-refractivity contribution is 6.04. The molecule has 8 nitrogen and oxygen atoms in total. The fraction of sp³-hybridized carbons (Fsp3) is 0.100. The van der Waals surface area contributed by atoms with E-state index in [1.54, 1.807) is 37.3 Å². The van der Waals surface area contributed by atoms with Crippen LogP contribution in [0.15, 0.2) is 70.4 Å². The normalized spacial score (nSPS) is 10.3. The molecule has 1 heterocycles. The second-order valence-corrected chi connectivity index (χ2v) is 5.74. The minimum absolute atomic E-state index is 0.224. The Morgan fingerprint density at radius 3 is 2.36 bits per heavy atom. The van der Waals surface area contributed by atoms with Gasteiger partial charge in [-0.3, -0.25) is 9.59 Å². The third kappa shape index (κ3) is 3.90. The van der Waals surface area contributed by atoms with Crippen LogP contribution < -0.4 is 16.6 Å². The van der Waals surface area contributed by atoms with E-state index in [1.165, 1.54) is 24.3 Å². The summed E-state index contributed by atoms with van der Waals surface area (Å²) in [7, 11) is 0. The molecule has 3 rings (SSSR count). The molecule has 0 saturated carbocycles. The molecule has 8 heteroatoms. The van der Waals surface area contributed by atoms with Crippen LogP contribution in [0.2, 0.25) is 0 Å². The number of anilines is 1. The molecule has 28 heavy (non-hydrogen) atoms. The number of nitrogens with zero attached hydrogens (tertiary/aromatic N) is 1. The molecule has 0 fully saturated rings. The van der Waals surface area contributed by atoms with Crippen LogP contribution in [0.1, 0.15) is 27.6 Å². The summed E-state index contributed by atoms with van der Waals surface area (Å²) in [5.74, 6) is -1.15. The standard InChI is InChI=1S/C20H17N3O5/c1-2-28-19(26)13-8-10-14(11-9-13)22-17(24)16-12-21-20(27)23(18(16)25)15-6-4-3-5-7-15/h3-12H,2H2,1H3,(H,21,27)(H,22,24). The van der Waals surface area contributed by atoms with Crippen molar-refractivity contribution < 1.29 is 14.3 Å². The second-order valence-electron chi connectivity index (χ2n) is 5.74. The van der Waals surface area contributed by atoms with E-state index < -0.39 is 23.1 Å². The number of carbonyl (C=O) groups excluding carboxylic acids is 2. The van der Waals surface area contributed by atoms with Crippen molar-refractivity contribution in [3.63, 3.8) is 0 Å². The molecule has 0 bridgehead atoms. The number of nitrogens with one attached hydrogen (secondary N) is 2. The van der Waals surface area contributed by atoms with Crippen molar-refractivity contribution in [3.8, 4) is 5.69 Å². The van der Waals surface area contributed by atoms with Crippen molar-refractivity contribution in [3.05, 3.63) is 92.8 Å². The molecular formula is C20H17N3O5. The summed E-state index contributed by atoms with van der Waals surface area (Å²) in [6, 6.07) is 14.3. The number of hydrogen-bond donors (Lipinski definition) is 2. The van der Waals surface area contributed by atoms with E-state index in [0.717, 1.165) is 10.8 Å². The summed E-state index contributed by atoms with van der Waals surface area (Å²) < 4.78 is 5.78. The van der Waals surface area contributed by atoms with Crippen molar-refractivity contribution in [2.75, 3.05) is 11.9 Å². The summed E-state index contributed by atoms with van der Waals surface area (Å²) in [5, 5.41) is 2.57. The van der Waals surface area contributed by atoms with Crippen molar-refractivity contribution in [1.82, 2.24) is 9.55 Å². The molecule has 0 aliphatic heterocycles. The highest BCUT2D eigenvalue weighted by Crippen LogP contribution is 2.11. The number of para-hydroxylation sites is 1. The largest absolute Gasteiger partial charge is 0.462 e. The number of H-pyrrole nitrogens is 1. The molecule has 1 amide bonds. The average Bonchev–Trinajstić information content (AvgIpc) is 2.69. The van der Waals surface area contributed by atoms with Crippen LogP contribution in [-0.2, 0) is 4.74 Å². The molecule has 2 aromatic carbocycles. The molecule has 1 aromatic heterocycles. The third-order valence-electron chi connectivity index (χ3n) is 3.89. The van der Waals surface area contributed by atoms with Crippen molar-refractivity contribution in [1.29, 1.82) is 0 Å². The first kappa shape index (κ1) is 18.8. The minimum Gasteiger partial charge on any atom is -0.462 e. The van der Waals surface area contributed by atoms with Gasteiger partial charge in [-0.05, 0) is 43.3 Å². The zero-order valence-corrected chi connectivity index (χ0v) is 15.0. The van der Waals surface area contributed by atoms with Crippen molar-refractivity contribution in [2.24, 2.45) is 0 Å². The van der Waals surface area contributed by atoms with Gasteiger partial charge in [-0.25, -0.2) is 14.2 Å². The van der Waals surface area contributed by atoms with Crippen LogP contribution in [0.5, 0.6) is 0 Å². The molecule has 2 N–H and O–H groups in total. The molecule has 0 aliphatic rings. The van der Waals surface area contributed by atoms with Gasteiger partial charge in [0.15, 0.2) is 0 Å². The van der Waals surface area contributed by atoms with E-state index >= 15 is 0 Å². The number of rotatable bonds is 5. The number of aromatic amines is 1. The Bertz CT molecular complexity index is 1120. The Labute approximate surface area is 159 Å². The maximum atomic E-state index is 12.7. The number of esters is 1. The Hall–Kier alpha value is -3.94. The van der Waals surface area contributed by atoms with E-state index in [9.17, 15) is 19.2 Å². The monoisotopic (exact) mass is 379 g/mol. The van der Waals surface area contributed by atoms with E-state index in [0.29, 0.717) is 16.9 Å². The third-order valence-corrected chi connectivity index (χ3v) is 3.89. The van der Waals surface area contributed by atoms with Gasteiger partial charge in [0.25, 0.3) is 11.5 Å². The van der Waals surface area contributed by atoms with Crippen LogP contribution in [0.4, 0.5) is 5.69 Å². The fourth-order valence-electron chi connectivity index (χ4n) is 2.55. The van der Waals surface area contributed by atoms with Gasteiger partial charge in [0, 0.05) is 11.9 Å². The lowest BCUT2D eigenvalue weighted by molar-refractivity contribution is 0.0526. The maximum absolute atomic E-state index is 12.7. The summed E-state index contributed by atoms with van der Waals surface area (Å²) in [5.41, 5.74) is -0.535. The minimum atomic E-state index is -0.740. The highest BCUT2D eigenvalue weighted by Gasteiger charge is 2.16. The average molecular weight is 379 g/mol. The van der Waals surface area contributed by atoms with Crippen LogP contribution >= 0.6 is 0 Å². The van der Waals surface area contributed by atoms with Gasteiger partial charge in [0.05, 0.1) is 17.9 Å². The lowest BCUT2D eigenvalue weighted by atomic mass is 10.2. The van der Waals surface area contributed by atoms with Gasteiger partial charge in [-0.1, -0.05) is 18.2 Å². The van der Waals surface area contributed by atoms with Gasteiger partial charge in [-0.2, -0.15) is 0 Å². The van der Waals surface area contributed by atoms with Crippen LogP contribution in [0.25, 0.3) is 5.69 Å². The zero-order valence-electron chi connectivity index (χ0n) is 15.0. The Balaban J connectivity index is 1.87.